The van der Waals surface area contributed by atoms with Gasteiger partial charge < -0.3 is 11.1 Å². The molecule has 0 saturated carbocycles. The Morgan fingerprint density at radius 2 is 1.50 bits per heavy atom. The second kappa shape index (κ2) is 5.97. The highest BCUT2D eigenvalue weighted by Crippen LogP contribution is 2.25. The Labute approximate surface area is 134 Å². The molecule has 3 nitrogen and oxygen atoms in total. The van der Waals surface area contributed by atoms with Crippen molar-refractivity contribution in [1.82, 2.24) is 0 Å². The lowest BCUT2D eigenvalue weighted by atomic mass is 10.1. The molecule has 0 heterocycles. The van der Waals surface area contributed by atoms with E-state index in [0.717, 1.165) is 25.8 Å². The van der Waals surface area contributed by atoms with Crippen molar-refractivity contribution < 1.29 is 4.79 Å². The third-order valence-electron chi connectivity index (χ3n) is 2.92. The van der Waals surface area contributed by atoms with Crippen LogP contribution in [0.25, 0.3) is 0 Å². The van der Waals surface area contributed by atoms with Gasteiger partial charge in [0.25, 0.3) is 5.91 Å². The molecule has 104 valence electrons. The molecule has 0 unspecified atom stereocenters. The second-order valence-corrected chi connectivity index (χ2v) is 6.47. The van der Waals surface area contributed by atoms with Crippen LogP contribution < -0.4 is 11.1 Å². The summed E-state index contributed by atoms with van der Waals surface area (Å²) in [4.78, 5) is 12.3. The quantitative estimate of drug-likeness (QED) is 0.723. The molecule has 0 aromatic heterocycles. The largest absolute Gasteiger partial charge is 0.399 e. The molecule has 0 aliphatic heterocycles. The minimum atomic E-state index is -0.150. The van der Waals surface area contributed by atoms with Gasteiger partial charge in [-0.2, -0.15) is 0 Å². The van der Waals surface area contributed by atoms with Crippen molar-refractivity contribution in [1.29, 1.82) is 0 Å². The Kier molecular flexibility index (Phi) is 4.50. The van der Waals surface area contributed by atoms with Crippen LogP contribution in [0.3, 0.4) is 0 Å². The zero-order valence-electron chi connectivity index (χ0n) is 11.1. The predicted molar refractivity (Wildman–Crippen MR) is 90.1 cm³/mol. The van der Waals surface area contributed by atoms with Gasteiger partial charge >= 0.3 is 0 Å². The minimum absolute atomic E-state index is 0.150. The molecule has 5 heteroatoms. The molecule has 3 N–H and O–H groups in total. The molecule has 1 amide bonds. The summed E-state index contributed by atoms with van der Waals surface area (Å²) in [5.41, 5.74) is 9.77. The monoisotopic (exact) mass is 396 g/mol. The maximum absolute atomic E-state index is 12.3. The first kappa shape index (κ1) is 15.1. The van der Waals surface area contributed by atoms with Crippen LogP contribution >= 0.6 is 31.9 Å². The van der Waals surface area contributed by atoms with Crippen molar-refractivity contribution in [2.75, 3.05) is 11.1 Å². The fraction of sp³-hybridized carbons (Fsp3) is 0.133. The zero-order chi connectivity index (χ0) is 14.9. The zero-order valence-corrected chi connectivity index (χ0v) is 14.3. The van der Waals surface area contributed by atoms with E-state index in [-0.39, 0.29) is 5.91 Å². The smallest absolute Gasteiger partial charge is 0.255 e. The van der Waals surface area contributed by atoms with E-state index in [0.29, 0.717) is 11.3 Å². The predicted octanol–water partition coefficient (Wildman–Crippen LogP) is 4.66. The Balaban J connectivity index is 2.32. The van der Waals surface area contributed by atoms with Gasteiger partial charge in [-0.25, -0.2) is 0 Å². The second-order valence-electron chi connectivity index (χ2n) is 4.64. The summed E-state index contributed by atoms with van der Waals surface area (Å²) in [6, 6.07) is 9.14. The topological polar surface area (TPSA) is 55.1 Å². The third kappa shape index (κ3) is 3.41. The number of amides is 1. The Morgan fingerprint density at radius 3 is 2.00 bits per heavy atom. The van der Waals surface area contributed by atoms with E-state index in [9.17, 15) is 4.79 Å². The summed E-state index contributed by atoms with van der Waals surface area (Å²) in [5, 5.41) is 2.94. The maximum atomic E-state index is 12.3. The molecule has 0 atom stereocenters. The van der Waals surface area contributed by atoms with E-state index in [1.807, 2.05) is 32.0 Å². The molecule has 20 heavy (non-hydrogen) atoms. The van der Waals surface area contributed by atoms with Gasteiger partial charge in [0.2, 0.25) is 0 Å². The minimum Gasteiger partial charge on any atom is -0.399 e. The van der Waals surface area contributed by atoms with Crippen molar-refractivity contribution in [3.8, 4) is 0 Å². The first-order valence-corrected chi connectivity index (χ1v) is 7.59. The average Bonchev–Trinajstić information content (AvgIpc) is 2.32. The average molecular weight is 398 g/mol. The summed E-state index contributed by atoms with van der Waals surface area (Å²) in [6.07, 6.45) is 0. The van der Waals surface area contributed by atoms with Crippen LogP contribution in [0.15, 0.2) is 39.3 Å². The number of carbonyl (C=O) groups is 1. The lowest BCUT2D eigenvalue weighted by Gasteiger charge is -2.13. The number of hydrogen-bond donors (Lipinski definition) is 2. The number of hydrogen-bond acceptors (Lipinski definition) is 2. The van der Waals surface area contributed by atoms with Crippen LogP contribution in [-0.2, 0) is 0 Å². The van der Waals surface area contributed by atoms with Gasteiger partial charge in [-0.3, -0.25) is 4.79 Å². The maximum Gasteiger partial charge on any atom is 0.255 e. The van der Waals surface area contributed by atoms with E-state index in [1.54, 1.807) is 12.1 Å². The number of anilines is 2. The highest BCUT2D eigenvalue weighted by atomic mass is 79.9. The van der Waals surface area contributed by atoms with Crippen molar-refractivity contribution in [2.24, 2.45) is 0 Å². The van der Waals surface area contributed by atoms with Gasteiger partial charge in [-0.05, 0) is 55.3 Å². The molecule has 0 aliphatic carbocycles. The van der Waals surface area contributed by atoms with Crippen LogP contribution in [0.2, 0.25) is 0 Å². The first-order valence-electron chi connectivity index (χ1n) is 6.01. The van der Waals surface area contributed by atoms with Crippen LogP contribution in [0.1, 0.15) is 21.5 Å². The molecule has 2 aromatic carbocycles. The molecule has 0 saturated heterocycles. The Morgan fingerprint density at radius 1 is 1.00 bits per heavy atom. The highest BCUT2D eigenvalue weighted by molar-refractivity contribution is 9.11. The summed E-state index contributed by atoms with van der Waals surface area (Å²) in [5.74, 6) is -0.150. The van der Waals surface area contributed by atoms with Crippen LogP contribution in [-0.4, -0.2) is 5.91 Å². The van der Waals surface area contributed by atoms with Gasteiger partial charge in [-0.1, -0.05) is 31.9 Å². The Hall–Kier alpha value is -1.33. The van der Waals surface area contributed by atoms with E-state index in [4.69, 9.17) is 5.73 Å². The molecule has 2 aromatic rings. The number of benzene rings is 2. The number of aryl methyl sites for hydroxylation is 2. The molecule has 0 aliphatic rings. The van der Waals surface area contributed by atoms with Crippen molar-refractivity contribution >= 4 is 49.1 Å². The lowest BCUT2D eigenvalue weighted by Crippen LogP contribution is -2.14. The summed E-state index contributed by atoms with van der Waals surface area (Å²) < 4.78 is 1.70. The third-order valence-corrected chi connectivity index (χ3v) is 3.83. The van der Waals surface area contributed by atoms with E-state index in [1.165, 1.54) is 0 Å². The number of nitrogens with two attached hydrogens (primary N) is 1. The van der Waals surface area contributed by atoms with Crippen molar-refractivity contribution in [2.45, 2.75) is 13.8 Å². The van der Waals surface area contributed by atoms with Crippen LogP contribution in [0, 0.1) is 13.8 Å². The van der Waals surface area contributed by atoms with Gasteiger partial charge in [0.1, 0.15) is 0 Å². The first-order chi connectivity index (χ1) is 9.36. The van der Waals surface area contributed by atoms with E-state index < -0.39 is 0 Å². The number of nitrogens with one attached hydrogen (secondary N) is 1. The van der Waals surface area contributed by atoms with Gasteiger partial charge in [0.05, 0.1) is 0 Å². The summed E-state index contributed by atoms with van der Waals surface area (Å²) in [6.45, 7) is 3.85. The molecular weight excluding hydrogens is 384 g/mol. The summed E-state index contributed by atoms with van der Waals surface area (Å²) in [7, 11) is 0. The summed E-state index contributed by atoms with van der Waals surface area (Å²) >= 11 is 6.76. The van der Waals surface area contributed by atoms with Crippen molar-refractivity contribution in [3.05, 3.63) is 56.0 Å². The number of carbonyl (C=O) groups excluding carboxylic acids is 1. The fourth-order valence-electron chi connectivity index (χ4n) is 2.06. The molecule has 0 spiro atoms. The van der Waals surface area contributed by atoms with Gasteiger partial charge in [0.15, 0.2) is 0 Å². The standard InChI is InChI=1S/C15H14Br2N2O/c1-8-3-13(18)4-9(2)14(8)19-15(20)10-5-11(16)7-12(17)6-10/h3-7H,18H2,1-2H3,(H,19,20). The SMILES string of the molecule is Cc1cc(N)cc(C)c1NC(=O)c1cc(Br)cc(Br)c1. The van der Waals surface area contributed by atoms with Crippen LogP contribution in [0.4, 0.5) is 11.4 Å². The van der Waals surface area contributed by atoms with Crippen LogP contribution in [0.5, 0.6) is 0 Å². The number of halogens is 2. The lowest BCUT2D eigenvalue weighted by molar-refractivity contribution is 0.102. The fourth-order valence-corrected chi connectivity index (χ4v) is 3.36. The van der Waals surface area contributed by atoms with Crippen molar-refractivity contribution in [3.63, 3.8) is 0 Å². The molecule has 0 radical (unpaired) electrons. The Bertz CT molecular complexity index is 640. The number of nitrogen functional groups attached to an aromatic ring is 1. The molecular formula is C15H14Br2N2O. The normalized spacial score (nSPS) is 10.4. The molecule has 0 bridgehead atoms. The molecule has 0 fully saturated rings. The van der Waals surface area contributed by atoms with Gasteiger partial charge in [0, 0.05) is 25.9 Å². The highest BCUT2D eigenvalue weighted by Gasteiger charge is 2.11. The molecule has 2 rings (SSSR count). The van der Waals surface area contributed by atoms with E-state index in [2.05, 4.69) is 37.2 Å². The van der Waals surface area contributed by atoms with E-state index >= 15 is 0 Å². The van der Waals surface area contributed by atoms with Gasteiger partial charge in [-0.15, -0.1) is 0 Å². The number of rotatable bonds is 2.